The molecule has 2 heterocycles. The number of hydrogen-bond donors (Lipinski definition) is 1. The Labute approximate surface area is 113 Å². The predicted octanol–water partition coefficient (Wildman–Crippen LogP) is 2.37. The number of thiazole rings is 1. The first kappa shape index (κ1) is 13.8. The van der Waals surface area contributed by atoms with Crippen LogP contribution in [0.2, 0.25) is 0 Å². The highest BCUT2D eigenvalue weighted by molar-refractivity contribution is 7.15. The minimum Gasteiger partial charge on any atom is -0.391 e. The van der Waals surface area contributed by atoms with Crippen LogP contribution in [0.25, 0.3) is 0 Å². The van der Waals surface area contributed by atoms with E-state index in [9.17, 15) is 5.11 Å². The van der Waals surface area contributed by atoms with Crippen LogP contribution >= 0.6 is 11.3 Å². The maximum atomic E-state index is 9.40. The Bertz CT molecular complexity index is 386. The van der Waals surface area contributed by atoms with Gasteiger partial charge >= 0.3 is 0 Å². The molecule has 1 aromatic rings. The van der Waals surface area contributed by atoms with E-state index in [0.717, 1.165) is 41.8 Å². The molecule has 1 saturated heterocycles. The molecule has 102 valence electrons. The molecule has 0 unspecified atom stereocenters. The van der Waals surface area contributed by atoms with Gasteiger partial charge in [0.1, 0.15) is 0 Å². The van der Waals surface area contributed by atoms with E-state index in [0.29, 0.717) is 12.0 Å². The number of rotatable bonds is 4. The fourth-order valence-corrected chi connectivity index (χ4v) is 3.40. The van der Waals surface area contributed by atoms with Crippen LogP contribution < -0.4 is 4.90 Å². The second-order valence-corrected chi connectivity index (χ2v) is 6.13. The predicted molar refractivity (Wildman–Crippen MR) is 74.4 cm³/mol. The summed E-state index contributed by atoms with van der Waals surface area (Å²) in [4.78, 5) is 7.95. The molecule has 4 nitrogen and oxygen atoms in total. The summed E-state index contributed by atoms with van der Waals surface area (Å²) in [5.74, 6) is 0.361. The number of anilines is 1. The van der Waals surface area contributed by atoms with E-state index in [2.05, 4.69) is 25.8 Å². The topological polar surface area (TPSA) is 45.6 Å². The largest absolute Gasteiger partial charge is 0.391 e. The lowest BCUT2D eigenvalue weighted by Gasteiger charge is -2.30. The first-order valence-corrected chi connectivity index (χ1v) is 7.36. The van der Waals surface area contributed by atoms with Crippen molar-refractivity contribution in [2.24, 2.45) is 0 Å². The van der Waals surface area contributed by atoms with Crippen LogP contribution in [0.4, 0.5) is 5.13 Å². The fourth-order valence-electron chi connectivity index (χ4n) is 2.29. The average Bonchev–Trinajstić information content (AvgIpc) is 2.83. The van der Waals surface area contributed by atoms with Gasteiger partial charge in [-0.25, -0.2) is 4.98 Å². The minimum atomic E-state index is 0.0901. The maximum Gasteiger partial charge on any atom is 0.185 e. The highest BCUT2D eigenvalue weighted by Gasteiger charge is 2.23. The normalized spacial score (nSPS) is 17.4. The van der Waals surface area contributed by atoms with Crippen molar-refractivity contribution in [3.8, 4) is 0 Å². The van der Waals surface area contributed by atoms with Crippen LogP contribution in [0, 0.1) is 0 Å². The van der Waals surface area contributed by atoms with Gasteiger partial charge in [-0.3, -0.25) is 0 Å². The summed E-state index contributed by atoms with van der Waals surface area (Å²) in [5.41, 5.74) is 1.04. The molecule has 1 fully saturated rings. The molecule has 0 bridgehead atoms. The van der Waals surface area contributed by atoms with Crippen LogP contribution in [0.15, 0.2) is 0 Å². The van der Waals surface area contributed by atoms with E-state index in [4.69, 9.17) is 9.72 Å². The lowest BCUT2D eigenvalue weighted by atomic mass is 10.1. The first-order chi connectivity index (χ1) is 8.63. The third-order valence-corrected chi connectivity index (χ3v) is 4.59. The molecular weight excluding hydrogens is 248 g/mol. The van der Waals surface area contributed by atoms with Crippen molar-refractivity contribution in [2.75, 3.05) is 25.2 Å². The molecule has 1 aliphatic heterocycles. The summed E-state index contributed by atoms with van der Waals surface area (Å²) in [6.07, 6.45) is 2.11. The Balaban J connectivity index is 2.16. The van der Waals surface area contributed by atoms with E-state index >= 15 is 0 Å². The SMILES string of the molecule is CC(C)c1nc(N(C)C2CCOCC2)sc1CO. The van der Waals surface area contributed by atoms with Crippen molar-refractivity contribution in [3.63, 3.8) is 0 Å². The third-order valence-electron chi connectivity index (χ3n) is 3.45. The molecule has 2 rings (SSSR count). The van der Waals surface area contributed by atoms with Gasteiger partial charge in [-0.15, -0.1) is 0 Å². The van der Waals surface area contributed by atoms with Crippen molar-refractivity contribution in [3.05, 3.63) is 10.6 Å². The molecular formula is C13H22N2O2S. The van der Waals surface area contributed by atoms with E-state index in [1.54, 1.807) is 11.3 Å². The highest BCUT2D eigenvalue weighted by atomic mass is 32.1. The zero-order valence-corrected chi connectivity index (χ0v) is 12.2. The number of ether oxygens (including phenoxy) is 1. The second-order valence-electron chi connectivity index (χ2n) is 5.07. The average molecular weight is 270 g/mol. The monoisotopic (exact) mass is 270 g/mol. The molecule has 0 saturated carbocycles. The smallest absolute Gasteiger partial charge is 0.185 e. The summed E-state index contributed by atoms with van der Waals surface area (Å²) in [5, 5.41) is 10.4. The Hall–Kier alpha value is -0.650. The molecule has 0 aromatic carbocycles. The van der Waals surface area contributed by atoms with E-state index in [-0.39, 0.29) is 6.61 Å². The summed E-state index contributed by atoms with van der Waals surface area (Å²) in [6, 6.07) is 0.511. The van der Waals surface area contributed by atoms with Gasteiger partial charge in [-0.05, 0) is 18.8 Å². The molecule has 0 spiro atoms. The minimum absolute atomic E-state index is 0.0901. The van der Waals surface area contributed by atoms with Crippen LogP contribution in [0.3, 0.4) is 0 Å². The van der Waals surface area contributed by atoms with Crippen LogP contribution in [-0.4, -0.2) is 36.4 Å². The van der Waals surface area contributed by atoms with Gasteiger partial charge < -0.3 is 14.7 Å². The molecule has 1 aromatic heterocycles. The van der Waals surface area contributed by atoms with Crippen LogP contribution in [-0.2, 0) is 11.3 Å². The van der Waals surface area contributed by atoms with Crippen molar-refractivity contribution >= 4 is 16.5 Å². The van der Waals surface area contributed by atoms with Crippen molar-refractivity contribution in [1.29, 1.82) is 0 Å². The molecule has 18 heavy (non-hydrogen) atoms. The standard InChI is InChI=1S/C13H22N2O2S/c1-9(2)12-11(8-16)18-13(14-12)15(3)10-4-6-17-7-5-10/h9-10,16H,4-8H2,1-3H3. The van der Waals surface area contributed by atoms with Crippen molar-refractivity contribution < 1.29 is 9.84 Å². The van der Waals surface area contributed by atoms with Gasteiger partial charge in [0.25, 0.3) is 0 Å². The van der Waals surface area contributed by atoms with Gasteiger partial charge in [0.15, 0.2) is 5.13 Å². The Kier molecular flexibility index (Phi) is 4.59. The number of aromatic nitrogens is 1. The second kappa shape index (κ2) is 5.99. The van der Waals surface area contributed by atoms with Crippen LogP contribution in [0.1, 0.15) is 43.2 Å². The maximum absolute atomic E-state index is 9.40. The molecule has 0 atom stereocenters. The molecule has 1 aliphatic rings. The van der Waals surface area contributed by atoms with Crippen molar-refractivity contribution in [1.82, 2.24) is 4.98 Å². The summed E-state index contributed by atoms with van der Waals surface area (Å²) in [7, 11) is 2.10. The number of aliphatic hydroxyl groups excluding tert-OH is 1. The third kappa shape index (κ3) is 2.84. The number of aliphatic hydroxyl groups is 1. The number of nitrogens with zero attached hydrogens (tertiary/aromatic N) is 2. The lowest BCUT2D eigenvalue weighted by molar-refractivity contribution is 0.0855. The molecule has 1 N–H and O–H groups in total. The first-order valence-electron chi connectivity index (χ1n) is 6.54. The Morgan fingerprint density at radius 1 is 1.44 bits per heavy atom. The van der Waals surface area contributed by atoms with E-state index < -0.39 is 0 Å². The lowest BCUT2D eigenvalue weighted by Crippen LogP contribution is -2.36. The highest BCUT2D eigenvalue weighted by Crippen LogP contribution is 2.32. The van der Waals surface area contributed by atoms with Crippen molar-refractivity contribution in [2.45, 2.75) is 45.3 Å². The Morgan fingerprint density at radius 2 is 2.11 bits per heavy atom. The molecule has 0 amide bonds. The summed E-state index contributed by atoms with van der Waals surface area (Å²) >= 11 is 1.61. The van der Waals surface area contributed by atoms with Gasteiger partial charge in [0.05, 0.1) is 17.2 Å². The summed E-state index contributed by atoms with van der Waals surface area (Å²) in [6.45, 7) is 6.00. The van der Waals surface area contributed by atoms with Gasteiger partial charge in [0, 0.05) is 26.3 Å². The van der Waals surface area contributed by atoms with Crippen LogP contribution in [0.5, 0.6) is 0 Å². The zero-order valence-electron chi connectivity index (χ0n) is 11.3. The number of hydrogen-bond acceptors (Lipinski definition) is 5. The van der Waals surface area contributed by atoms with Gasteiger partial charge in [0.2, 0.25) is 0 Å². The quantitative estimate of drug-likeness (QED) is 0.912. The van der Waals surface area contributed by atoms with E-state index in [1.807, 2.05) is 0 Å². The molecule has 5 heteroatoms. The zero-order chi connectivity index (χ0) is 13.1. The molecule has 0 radical (unpaired) electrons. The Morgan fingerprint density at radius 3 is 2.61 bits per heavy atom. The van der Waals surface area contributed by atoms with Gasteiger partial charge in [-0.1, -0.05) is 25.2 Å². The van der Waals surface area contributed by atoms with E-state index in [1.165, 1.54) is 0 Å². The fraction of sp³-hybridized carbons (Fsp3) is 0.769. The van der Waals surface area contributed by atoms with Gasteiger partial charge in [-0.2, -0.15) is 0 Å². The summed E-state index contributed by atoms with van der Waals surface area (Å²) < 4.78 is 5.39. The molecule has 0 aliphatic carbocycles.